The van der Waals surface area contributed by atoms with E-state index in [9.17, 15) is 4.79 Å². The fourth-order valence-corrected chi connectivity index (χ4v) is 3.33. The number of benzene rings is 1. The minimum absolute atomic E-state index is 0.0242. The third kappa shape index (κ3) is 3.10. The largest absolute Gasteiger partial charge is 0.304 e. The summed E-state index contributed by atoms with van der Waals surface area (Å²) >= 11 is 1.48. The van der Waals surface area contributed by atoms with Crippen LogP contribution in [0.3, 0.4) is 0 Å². The molecule has 0 bridgehead atoms. The van der Waals surface area contributed by atoms with Gasteiger partial charge >= 0.3 is 0 Å². The molecule has 3 rings (SSSR count). The first-order valence-corrected chi connectivity index (χ1v) is 8.27. The maximum Gasteiger partial charge on any atom is 0.258 e. The smallest absolute Gasteiger partial charge is 0.258 e. The summed E-state index contributed by atoms with van der Waals surface area (Å²) in [6.07, 6.45) is 1.76. The summed E-state index contributed by atoms with van der Waals surface area (Å²) in [6.45, 7) is 4.96. The summed E-state index contributed by atoms with van der Waals surface area (Å²) in [4.78, 5) is 17.3. The first kappa shape index (κ1) is 14.9. The summed E-state index contributed by atoms with van der Waals surface area (Å²) < 4.78 is 1.57. The second kappa shape index (κ2) is 6.42. The van der Waals surface area contributed by atoms with Gasteiger partial charge in [-0.2, -0.15) is 0 Å². The van der Waals surface area contributed by atoms with E-state index in [1.807, 2.05) is 11.4 Å². The molecule has 0 aliphatic rings. The first-order chi connectivity index (χ1) is 10.6. The summed E-state index contributed by atoms with van der Waals surface area (Å²) in [7, 11) is 0. The SMILES string of the molecule is CC(C)[C@H](NCc1cc(=O)n2ccsc2n1)c1ccccc1. The van der Waals surface area contributed by atoms with Gasteiger partial charge in [-0.1, -0.05) is 44.2 Å². The number of aromatic nitrogens is 2. The molecule has 1 N–H and O–H groups in total. The molecule has 1 aromatic carbocycles. The van der Waals surface area contributed by atoms with E-state index in [1.54, 1.807) is 16.7 Å². The van der Waals surface area contributed by atoms with E-state index in [2.05, 4.69) is 48.4 Å². The summed E-state index contributed by atoms with van der Waals surface area (Å²) in [6, 6.07) is 12.2. The van der Waals surface area contributed by atoms with Crippen molar-refractivity contribution in [2.45, 2.75) is 26.4 Å². The number of nitrogens with one attached hydrogen (secondary N) is 1. The van der Waals surface area contributed by atoms with E-state index in [0.29, 0.717) is 12.5 Å². The van der Waals surface area contributed by atoms with Crippen LogP contribution in [0.1, 0.15) is 31.1 Å². The monoisotopic (exact) mass is 313 g/mol. The van der Waals surface area contributed by atoms with Crippen LogP contribution in [0.25, 0.3) is 4.96 Å². The molecule has 0 aliphatic carbocycles. The zero-order chi connectivity index (χ0) is 15.5. The zero-order valence-corrected chi connectivity index (χ0v) is 13.5. The van der Waals surface area contributed by atoms with Gasteiger partial charge in [0.25, 0.3) is 5.56 Å². The fraction of sp³-hybridized carbons (Fsp3) is 0.294. The standard InChI is InChI=1S/C17H19N3OS/c1-12(2)16(13-6-4-3-5-7-13)18-11-14-10-15(21)20-8-9-22-17(20)19-14/h3-10,12,16,18H,11H2,1-2H3/t16-/m0/s1. The van der Waals surface area contributed by atoms with Crippen molar-refractivity contribution in [2.75, 3.05) is 0 Å². The van der Waals surface area contributed by atoms with Gasteiger partial charge in [0.05, 0.1) is 5.69 Å². The Labute approximate surface area is 133 Å². The van der Waals surface area contributed by atoms with Gasteiger partial charge in [-0.3, -0.25) is 9.20 Å². The molecule has 2 aromatic heterocycles. The topological polar surface area (TPSA) is 46.4 Å². The van der Waals surface area contributed by atoms with Crippen LogP contribution in [0.5, 0.6) is 0 Å². The quantitative estimate of drug-likeness (QED) is 0.786. The van der Waals surface area contributed by atoms with Gasteiger partial charge in [-0.25, -0.2) is 4.98 Å². The number of thiazole rings is 1. The number of rotatable bonds is 5. The average molecular weight is 313 g/mol. The highest BCUT2D eigenvalue weighted by Gasteiger charge is 2.15. The molecule has 0 aliphatic heterocycles. The molecule has 5 heteroatoms. The Morgan fingerprint density at radius 1 is 1.27 bits per heavy atom. The Balaban J connectivity index is 1.80. The van der Waals surface area contributed by atoms with Crippen molar-refractivity contribution in [1.82, 2.24) is 14.7 Å². The van der Waals surface area contributed by atoms with E-state index in [0.717, 1.165) is 10.7 Å². The van der Waals surface area contributed by atoms with Gasteiger partial charge in [0.1, 0.15) is 0 Å². The summed E-state index contributed by atoms with van der Waals surface area (Å²) in [5, 5.41) is 5.41. The highest BCUT2D eigenvalue weighted by molar-refractivity contribution is 7.15. The molecule has 0 unspecified atom stereocenters. The third-order valence-corrected chi connectivity index (χ3v) is 4.44. The van der Waals surface area contributed by atoms with E-state index in [1.165, 1.54) is 16.9 Å². The van der Waals surface area contributed by atoms with Gasteiger partial charge in [0, 0.05) is 30.2 Å². The number of hydrogen-bond acceptors (Lipinski definition) is 4. The van der Waals surface area contributed by atoms with Crippen LogP contribution < -0.4 is 10.9 Å². The van der Waals surface area contributed by atoms with E-state index in [4.69, 9.17) is 0 Å². The molecule has 0 spiro atoms. The maximum atomic E-state index is 12.0. The lowest BCUT2D eigenvalue weighted by Crippen LogP contribution is -2.26. The molecule has 0 saturated carbocycles. The molecule has 3 aromatic rings. The molecule has 0 amide bonds. The van der Waals surface area contributed by atoms with Crippen molar-refractivity contribution in [1.29, 1.82) is 0 Å². The van der Waals surface area contributed by atoms with Crippen LogP contribution in [0.2, 0.25) is 0 Å². The molecule has 0 saturated heterocycles. The molecule has 2 heterocycles. The molecular weight excluding hydrogens is 294 g/mol. The normalized spacial score (nSPS) is 12.9. The highest BCUT2D eigenvalue weighted by Crippen LogP contribution is 2.21. The van der Waals surface area contributed by atoms with Gasteiger partial charge in [0.2, 0.25) is 0 Å². The highest BCUT2D eigenvalue weighted by atomic mass is 32.1. The Morgan fingerprint density at radius 3 is 2.77 bits per heavy atom. The lowest BCUT2D eigenvalue weighted by atomic mass is 9.96. The van der Waals surface area contributed by atoms with Crippen molar-refractivity contribution in [2.24, 2.45) is 5.92 Å². The number of nitrogens with zero attached hydrogens (tertiary/aromatic N) is 2. The molecule has 0 radical (unpaired) electrons. The zero-order valence-electron chi connectivity index (χ0n) is 12.7. The maximum absolute atomic E-state index is 12.0. The second-order valence-electron chi connectivity index (χ2n) is 5.65. The third-order valence-electron chi connectivity index (χ3n) is 3.68. The van der Waals surface area contributed by atoms with E-state index in [-0.39, 0.29) is 11.6 Å². The fourth-order valence-electron chi connectivity index (χ4n) is 2.59. The van der Waals surface area contributed by atoms with Gasteiger partial charge in [0.15, 0.2) is 4.96 Å². The van der Waals surface area contributed by atoms with Crippen molar-refractivity contribution < 1.29 is 0 Å². The molecule has 4 nitrogen and oxygen atoms in total. The number of hydrogen-bond donors (Lipinski definition) is 1. The van der Waals surface area contributed by atoms with Gasteiger partial charge in [-0.05, 0) is 11.5 Å². The van der Waals surface area contributed by atoms with Crippen LogP contribution in [0.4, 0.5) is 0 Å². The van der Waals surface area contributed by atoms with Crippen LogP contribution in [0.15, 0.2) is 52.8 Å². The van der Waals surface area contributed by atoms with Crippen molar-refractivity contribution in [3.05, 3.63) is 69.6 Å². The Morgan fingerprint density at radius 2 is 2.05 bits per heavy atom. The lowest BCUT2D eigenvalue weighted by Gasteiger charge is -2.22. The Hall–Kier alpha value is -1.98. The second-order valence-corrected chi connectivity index (χ2v) is 6.53. The first-order valence-electron chi connectivity index (χ1n) is 7.39. The average Bonchev–Trinajstić information content (AvgIpc) is 2.97. The van der Waals surface area contributed by atoms with E-state index < -0.39 is 0 Å². The minimum Gasteiger partial charge on any atom is -0.304 e. The van der Waals surface area contributed by atoms with Crippen LogP contribution >= 0.6 is 11.3 Å². The minimum atomic E-state index is -0.0242. The molecule has 22 heavy (non-hydrogen) atoms. The predicted molar refractivity (Wildman–Crippen MR) is 90.2 cm³/mol. The van der Waals surface area contributed by atoms with Gasteiger partial charge < -0.3 is 5.32 Å². The van der Waals surface area contributed by atoms with Crippen molar-refractivity contribution >= 4 is 16.3 Å². The summed E-state index contributed by atoms with van der Waals surface area (Å²) in [5.74, 6) is 0.453. The van der Waals surface area contributed by atoms with Crippen LogP contribution in [-0.2, 0) is 6.54 Å². The van der Waals surface area contributed by atoms with Crippen molar-refractivity contribution in [3.63, 3.8) is 0 Å². The molecule has 114 valence electrons. The van der Waals surface area contributed by atoms with Crippen LogP contribution in [0, 0.1) is 5.92 Å². The Kier molecular flexibility index (Phi) is 4.36. The lowest BCUT2D eigenvalue weighted by molar-refractivity contribution is 0.408. The number of fused-ring (bicyclic) bond motifs is 1. The van der Waals surface area contributed by atoms with E-state index >= 15 is 0 Å². The molecule has 0 fully saturated rings. The summed E-state index contributed by atoms with van der Waals surface area (Å²) in [5.41, 5.74) is 2.02. The molecule has 1 atom stereocenters. The van der Waals surface area contributed by atoms with Crippen molar-refractivity contribution in [3.8, 4) is 0 Å². The van der Waals surface area contributed by atoms with Gasteiger partial charge in [-0.15, -0.1) is 11.3 Å². The van der Waals surface area contributed by atoms with Crippen LogP contribution in [-0.4, -0.2) is 9.38 Å². The predicted octanol–water partition coefficient (Wildman–Crippen LogP) is 3.24. The Bertz CT molecular complexity index is 807. The molecular formula is C17H19N3OS.